The first-order chi connectivity index (χ1) is 17.8. The standard InChI is InChI=1S/C26H24BrClN6O2S/c1-16-12-20(28)9-10-22(16)29-15-24-31-33-26(34(24)21-6-4-3-5-7-21)37-17(2)25(36)32-30-14-18-13-19(27)8-11-23(18)35/h3-14,17,29,35H,15H2,1-2H3,(H,32,36)/b30-14+. The van der Waals surface area contributed by atoms with Crippen molar-refractivity contribution in [1.29, 1.82) is 0 Å². The Morgan fingerprint density at radius 1 is 1.19 bits per heavy atom. The number of phenols is 1. The third-order valence-corrected chi connectivity index (χ3v) is 7.13. The first-order valence-corrected chi connectivity index (χ1v) is 13.3. The predicted octanol–water partition coefficient (Wildman–Crippen LogP) is 5.94. The average Bonchev–Trinajstić information content (AvgIpc) is 3.28. The number of carbonyl (C=O) groups excluding carboxylic acids is 1. The van der Waals surface area contributed by atoms with E-state index in [0.29, 0.717) is 28.1 Å². The van der Waals surface area contributed by atoms with Crippen LogP contribution in [0.15, 0.2) is 81.5 Å². The Hall–Kier alpha value is -3.34. The Morgan fingerprint density at radius 3 is 2.73 bits per heavy atom. The van der Waals surface area contributed by atoms with Crippen molar-refractivity contribution in [3.63, 3.8) is 0 Å². The van der Waals surface area contributed by atoms with Gasteiger partial charge in [-0.1, -0.05) is 57.5 Å². The van der Waals surface area contributed by atoms with Crippen LogP contribution in [-0.4, -0.2) is 37.2 Å². The van der Waals surface area contributed by atoms with Crippen LogP contribution in [-0.2, 0) is 11.3 Å². The molecule has 0 fully saturated rings. The maximum absolute atomic E-state index is 12.7. The summed E-state index contributed by atoms with van der Waals surface area (Å²) in [4.78, 5) is 12.7. The van der Waals surface area contributed by atoms with Gasteiger partial charge in [0, 0.05) is 26.4 Å². The highest BCUT2D eigenvalue weighted by Crippen LogP contribution is 2.27. The molecule has 3 aromatic carbocycles. The number of para-hydroxylation sites is 1. The summed E-state index contributed by atoms with van der Waals surface area (Å²) in [6, 6.07) is 20.4. The molecule has 1 heterocycles. The Balaban J connectivity index is 1.49. The first kappa shape index (κ1) is 26.7. The molecule has 0 saturated heterocycles. The minimum absolute atomic E-state index is 0.0644. The number of phenolic OH excluding ortho intramolecular Hbond substituents is 1. The number of aromatic hydroxyl groups is 1. The second-order valence-electron chi connectivity index (χ2n) is 8.08. The van der Waals surface area contributed by atoms with Crippen LogP contribution in [0, 0.1) is 6.92 Å². The van der Waals surface area contributed by atoms with Crippen molar-refractivity contribution in [3.8, 4) is 11.4 Å². The minimum Gasteiger partial charge on any atom is -0.507 e. The lowest BCUT2D eigenvalue weighted by Crippen LogP contribution is -2.27. The zero-order valence-electron chi connectivity index (χ0n) is 20.0. The molecule has 1 amide bonds. The third-order valence-electron chi connectivity index (χ3n) is 5.36. The van der Waals surface area contributed by atoms with E-state index in [-0.39, 0.29) is 11.7 Å². The van der Waals surface area contributed by atoms with Crippen molar-refractivity contribution in [2.45, 2.75) is 30.8 Å². The summed E-state index contributed by atoms with van der Waals surface area (Å²) in [5, 5.41) is 26.8. The van der Waals surface area contributed by atoms with E-state index in [1.165, 1.54) is 18.0 Å². The van der Waals surface area contributed by atoms with E-state index in [1.54, 1.807) is 25.1 Å². The van der Waals surface area contributed by atoms with Gasteiger partial charge in [-0.15, -0.1) is 10.2 Å². The lowest BCUT2D eigenvalue weighted by Gasteiger charge is -2.14. The van der Waals surface area contributed by atoms with Crippen molar-refractivity contribution in [2.75, 3.05) is 5.32 Å². The molecule has 11 heteroatoms. The smallest absolute Gasteiger partial charge is 0.253 e. The quantitative estimate of drug-likeness (QED) is 0.125. The number of rotatable bonds is 9. The molecular formula is C26H24BrClN6O2S. The highest BCUT2D eigenvalue weighted by molar-refractivity contribution is 9.10. The monoisotopic (exact) mass is 598 g/mol. The van der Waals surface area contributed by atoms with Crippen molar-refractivity contribution in [3.05, 3.63) is 93.2 Å². The molecular weight excluding hydrogens is 576 g/mol. The average molecular weight is 600 g/mol. The highest BCUT2D eigenvalue weighted by Gasteiger charge is 2.21. The molecule has 190 valence electrons. The van der Waals surface area contributed by atoms with Gasteiger partial charge in [0.15, 0.2) is 11.0 Å². The number of nitrogens with one attached hydrogen (secondary N) is 2. The van der Waals surface area contributed by atoms with E-state index in [1.807, 2.05) is 60.0 Å². The number of hydrogen-bond acceptors (Lipinski definition) is 7. The number of thioether (sulfide) groups is 1. The molecule has 37 heavy (non-hydrogen) atoms. The zero-order valence-corrected chi connectivity index (χ0v) is 23.2. The summed E-state index contributed by atoms with van der Waals surface area (Å²) in [7, 11) is 0. The SMILES string of the molecule is Cc1cc(Cl)ccc1NCc1nnc(SC(C)C(=O)N/N=C/c2cc(Br)ccc2O)n1-c1ccccc1. The summed E-state index contributed by atoms with van der Waals surface area (Å²) in [6.45, 7) is 4.18. The molecule has 4 aromatic rings. The molecule has 3 N–H and O–H groups in total. The number of hydrogen-bond donors (Lipinski definition) is 3. The highest BCUT2D eigenvalue weighted by atomic mass is 79.9. The third kappa shape index (κ3) is 6.91. The lowest BCUT2D eigenvalue weighted by molar-refractivity contribution is -0.120. The van der Waals surface area contributed by atoms with Crippen molar-refractivity contribution < 1.29 is 9.90 Å². The van der Waals surface area contributed by atoms with E-state index in [2.05, 4.69) is 42.0 Å². The van der Waals surface area contributed by atoms with E-state index < -0.39 is 5.25 Å². The van der Waals surface area contributed by atoms with Crippen molar-refractivity contribution >= 4 is 57.1 Å². The summed E-state index contributed by atoms with van der Waals surface area (Å²) in [5.41, 5.74) is 5.86. The van der Waals surface area contributed by atoms with Gasteiger partial charge in [0.05, 0.1) is 18.0 Å². The molecule has 0 saturated carbocycles. The molecule has 0 aliphatic rings. The Morgan fingerprint density at radius 2 is 1.97 bits per heavy atom. The summed E-state index contributed by atoms with van der Waals surface area (Å²) >= 11 is 10.7. The molecule has 1 aromatic heterocycles. The summed E-state index contributed by atoms with van der Waals surface area (Å²) in [5.74, 6) is 0.447. The number of aromatic nitrogens is 3. The first-order valence-electron chi connectivity index (χ1n) is 11.3. The van der Waals surface area contributed by atoms with Gasteiger partial charge >= 0.3 is 0 Å². The zero-order chi connectivity index (χ0) is 26.4. The number of anilines is 1. The Bertz CT molecular complexity index is 1430. The maximum Gasteiger partial charge on any atom is 0.253 e. The van der Waals surface area contributed by atoms with Crippen LogP contribution in [0.3, 0.4) is 0 Å². The van der Waals surface area contributed by atoms with Gasteiger partial charge in [-0.05, 0) is 67.9 Å². The molecule has 8 nitrogen and oxygen atoms in total. The minimum atomic E-state index is -0.515. The molecule has 0 aliphatic carbocycles. The fraction of sp³-hybridized carbons (Fsp3) is 0.154. The van der Waals surface area contributed by atoms with Gasteiger partial charge in [-0.3, -0.25) is 9.36 Å². The molecule has 0 bridgehead atoms. The number of aryl methyl sites for hydroxylation is 1. The topological polar surface area (TPSA) is 104 Å². The maximum atomic E-state index is 12.7. The normalized spacial score (nSPS) is 12.0. The number of carbonyl (C=O) groups is 1. The van der Waals surface area contributed by atoms with Gasteiger partial charge in [-0.2, -0.15) is 5.10 Å². The number of halogens is 2. The fourth-order valence-corrected chi connectivity index (χ4v) is 4.91. The van der Waals surface area contributed by atoms with Crippen LogP contribution in [0.2, 0.25) is 5.02 Å². The molecule has 4 rings (SSSR count). The second kappa shape index (κ2) is 12.3. The van der Waals surface area contributed by atoms with Gasteiger partial charge in [0.1, 0.15) is 5.75 Å². The summed E-state index contributed by atoms with van der Waals surface area (Å²) in [6.07, 6.45) is 1.39. The number of amides is 1. The van der Waals surface area contributed by atoms with Gasteiger partial charge in [-0.25, -0.2) is 5.43 Å². The summed E-state index contributed by atoms with van der Waals surface area (Å²) < 4.78 is 2.72. The van der Waals surface area contributed by atoms with E-state index in [4.69, 9.17) is 11.6 Å². The van der Waals surface area contributed by atoms with Gasteiger partial charge in [0.2, 0.25) is 0 Å². The predicted molar refractivity (Wildman–Crippen MR) is 152 cm³/mol. The molecule has 1 atom stereocenters. The molecule has 0 radical (unpaired) electrons. The Labute approximate surface area is 232 Å². The van der Waals surface area contributed by atoms with E-state index in [0.717, 1.165) is 21.4 Å². The number of benzene rings is 3. The largest absolute Gasteiger partial charge is 0.507 e. The Kier molecular flexibility index (Phi) is 8.86. The van der Waals surface area contributed by atoms with E-state index >= 15 is 0 Å². The van der Waals surface area contributed by atoms with Crippen molar-refractivity contribution in [1.82, 2.24) is 20.2 Å². The number of hydrazone groups is 1. The lowest BCUT2D eigenvalue weighted by atomic mass is 10.2. The van der Waals surface area contributed by atoms with Crippen LogP contribution in [0.25, 0.3) is 5.69 Å². The van der Waals surface area contributed by atoms with Crippen LogP contribution in [0.5, 0.6) is 5.75 Å². The van der Waals surface area contributed by atoms with Crippen LogP contribution >= 0.6 is 39.3 Å². The molecule has 0 spiro atoms. The number of nitrogens with zero attached hydrogens (tertiary/aromatic N) is 4. The fourth-order valence-electron chi connectivity index (χ4n) is 3.42. The van der Waals surface area contributed by atoms with Crippen LogP contribution in [0.1, 0.15) is 23.9 Å². The van der Waals surface area contributed by atoms with Crippen LogP contribution < -0.4 is 10.7 Å². The van der Waals surface area contributed by atoms with Gasteiger partial charge in [0.25, 0.3) is 5.91 Å². The second-order valence-corrected chi connectivity index (χ2v) is 10.7. The van der Waals surface area contributed by atoms with Crippen LogP contribution in [0.4, 0.5) is 5.69 Å². The molecule has 0 aliphatic heterocycles. The van der Waals surface area contributed by atoms with E-state index in [9.17, 15) is 9.90 Å². The van der Waals surface area contributed by atoms with Crippen molar-refractivity contribution in [2.24, 2.45) is 5.10 Å². The molecule has 1 unspecified atom stereocenters. The van der Waals surface area contributed by atoms with Gasteiger partial charge < -0.3 is 10.4 Å².